The molecule has 86 valence electrons. The minimum Gasteiger partial charge on any atom is -0.487 e. The standard InChI is InChI=1S/C8H9N3O5/c1-2-16-8-4-6(10(12)13)5(9)3-7(8)11(14)15/h3-4H,2,9H2,1H3. The van der Waals surface area contributed by atoms with Crippen molar-refractivity contribution < 1.29 is 14.6 Å². The molecule has 0 heterocycles. The molecule has 0 aliphatic carbocycles. The van der Waals surface area contributed by atoms with Crippen LogP contribution >= 0.6 is 0 Å². The first-order valence-electron chi connectivity index (χ1n) is 4.32. The van der Waals surface area contributed by atoms with Crippen LogP contribution in [0.3, 0.4) is 0 Å². The van der Waals surface area contributed by atoms with Crippen LogP contribution in [-0.2, 0) is 0 Å². The summed E-state index contributed by atoms with van der Waals surface area (Å²) in [5, 5.41) is 21.2. The summed E-state index contributed by atoms with van der Waals surface area (Å²) in [6, 6.07) is 1.88. The lowest BCUT2D eigenvalue weighted by Gasteiger charge is -2.05. The zero-order valence-electron chi connectivity index (χ0n) is 8.37. The second kappa shape index (κ2) is 4.43. The van der Waals surface area contributed by atoms with Crippen LogP contribution in [0.2, 0.25) is 0 Å². The van der Waals surface area contributed by atoms with Crippen molar-refractivity contribution in [3.63, 3.8) is 0 Å². The Morgan fingerprint density at radius 2 is 1.81 bits per heavy atom. The number of nitrogens with two attached hydrogens (primary N) is 1. The monoisotopic (exact) mass is 227 g/mol. The van der Waals surface area contributed by atoms with E-state index in [2.05, 4.69) is 0 Å². The first-order chi connectivity index (χ1) is 7.47. The molecule has 16 heavy (non-hydrogen) atoms. The number of nitro groups is 2. The predicted octanol–water partition coefficient (Wildman–Crippen LogP) is 1.48. The van der Waals surface area contributed by atoms with Gasteiger partial charge >= 0.3 is 5.69 Å². The number of nitro benzene ring substituents is 2. The van der Waals surface area contributed by atoms with Crippen LogP contribution in [0.4, 0.5) is 17.1 Å². The minimum absolute atomic E-state index is 0.159. The molecule has 0 saturated carbocycles. The van der Waals surface area contributed by atoms with E-state index in [0.29, 0.717) is 0 Å². The van der Waals surface area contributed by atoms with Gasteiger partial charge in [0.25, 0.3) is 5.69 Å². The van der Waals surface area contributed by atoms with Gasteiger partial charge in [-0.05, 0) is 6.92 Å². The number of ether oxygens (including phenoxy) is 1. The maximum atomic E-state index is 10.6. The molecule has 0 bridgehead atoms. The van der Waals surface area contributed by atoms with Crippen molar-refractivity contribution in [2.24, 2.45) is 0 Å². The highest BCUT2D eigenvalue weighted by Crippen LogP contribution is 2.35. The van der Waals surface area contributed by atoms with Crippen molar-refractivity contribution in [1.82, 2.24) is 0 Å². The highest BCUT2D eigenvalue weighted by Gasteiger charge is 2.23. The normalized spacial score (nSPS) is 9.81. The van der Waals surface area contributed by atoms with Crippen molar-refractivity contribution in [3.8, 4) is 5.75 Å². The summed E-state index contributed by atoms with van der Waals surface area (Å²) in [7, 11) is 0. The Kier molecular flexibility index (Phi) is 3.24. The molecule has 0 saturated heterocycles. The maximum Gasteiger partial charge on any atom is 0.313 e. The highest BCUT2D eigenvalue weighted by molar-refractivity contribution is 5.68. The van der Waals surface area contributed by atoms with E-state index < -0.39 is 15.5 Å². The Morgan fingerprint density at radius 1 is 1.25 bits per heavy atom. The lowest BCUT2D eigenvalue weighted by atomic mass is 10.2. The molecule has 8 nitrogen and oxygen atoms in total. The fourth-order valence-electron chi connectivity index (χ4n) is 1.15. The first kappa shape index (κ1) is 11.7. The molecule has 1 rings (SSSR count). The number of nitrogen functional groups attached to an aromatic ring is 1. The van der Waals surface area contributed by atoms with Gasteiger partial charge in [-0.25, -0.2) is 0 Å². The van der Waals surface area contributed by atoms with E-state index in [9.17, 15) is 20.2 Å². The van der Waals surface area contributed by atoms with Gasteiger partial charge in [0.05, 0.1) is 22.5 Å². The quantitative estimate of drug-likeness (QED) is 0.472. The second-order valence-corrected chi connectivity index (χ2v) is 2.83. The van der Waals surface area contributed by atoms with Crippen molar-refractivity contribution in [3.05, 3.63) is 32.4 Å². The smallest absolute Gasteiger partial charge is 0.313 e. The number of hydrogen-bond acceptors (Lipinski definition) is 6. The molecule has 1 aromatic rings. The molecule has 0 spiro atoms. The van der Waals surface area contributed by atoms with Gasteiger partial charge in [0, 0.05) is 6.07 Å². The molecule has 1 aromatic carbocycles. The molecule has 0 atom stereocenters. The molecule has 8 heteroatoms. The average molecular weight is 227 g/mol. The summed E-state index contributed by atoms with van der Waals surface area (Å²) in [4.78, 5) is 19.8. The maximum absolute atomic E-state index is 10.6. The van der Waals surface area contributed by atoms with Crippen LogP contribution in [0.1, 0.15) is 6.92 Å². The minimum atomic E-state index is -0.721. The van der Waals surface area contributed by atoms with E-state index in [-0.39, 0.29) is 23.7 Å². The van der Waals surface area contributed by atoms with Crippen LogP contribution in [0.5, 0.6) is 5.75 Å². The molecule has 0 aliphatic rings. The number of benzene rings is 1. The molecule has 2 N–H and O–H groups in total. The third kappa shape index (κ3) is 2.16. The number of nitrogens with zero attached hydrogens (tertiary/aromatic N) is 2. The fourth-order valence-corrected chi connectivity index (χ4v) is 1.15. The zero-order chi connectivity index (χ0) is 12.3. The summed E-state index contributed by atoms with van der Waals surface area (Å²) in [6.45, 7) is 1.79. The summed E-state index contributed by atoms with van der Waals surface area (Å²) in [6.07, 6.45) is 0. The average Bonchev–Trinajstić information content (AvgIpc) is 2.19. The Bertz CT molecular complexity index is 446. The van der Waals surface area contributed by atoms with Crippen LogP contribution in [0, 0.1) is 20.2 Å². The van der Waals surface area contributed by atoms with Gasteiger partial charge in [0.2, 0.25) is 5.75 Å². The molecule has 0 radical (unpaired) electrons. The summed E-state index contributed by atoms with van der Waals surface area (Å²) < 4.78 is 4.94. The van der Waals surface area contributed by atoms with Gasteiger partial charge < -0.3 is 10.5 Å². The largest absolute Gasteiger partial charge is 0.487 e. The van der Waals surface area contributed by atoms with Crippen LogP contribution in [-0.4, -0.2) is 16.5 Å². The van der Waals surface area contributed by atoms with E-state index in [1.807, 2.05) is 0 Å². The summed E-state index contributed by atoms with van der Waals surface area (Å²) >= 11 is 0. The first-order valence-corrected chi connectivity index (χ1v) is 4.32. The van der Waals surface area contributed by atoms with E-state index in [1.54, 1.807) is 6.92 Å². The third-order valence-corrected chi connectivity index (χ3v) is 1.80. The number of anilines is 1. The topological polar surface area (TPSA) is 122 Å². The molecule has 0 aliphatic heterocycles. The third-order valence-electron chi connectivity index (χ3n) is 1.80. The van der Waals surface area contributed by atoms with Gasteiger partial charge in [-0.15, -0.1) is 0 Å². The molecule has 0 aromatic heterocycles. The Hall–Kier alpha value is -2.38. The van der Waals surface area contributed by atoms with Crippen LogP contribution in [0.15, 0.2) is 12.1 Å². The zero-order valence-corrected chi connectivity index (χ0v) is 8.37. The van der Waals surface area contributed by atoms with Crippen molar-refractivity contribution >= 4 is 17.1 Å². The fraction of sp³-hybridized carbons (Fsp3) is 0.250. The van der Waals surface area contributed by atoms with Crippen LogP contribution < -0.4 is 10.5 Å². The summed E-state index contributed by atoms with van der Waals surface area (Å²) in [5.41, 5.74) is 4.27. The highest BCUT2D eigenvalue weighted by atomic mass is 16.6. The summed E-state index contributed by atoms with van der Waals surface area (Å²) in [5.74, 6) is -0.159. The van der Waals surface area contributed by atoms with E-state index in [0.717, 1.165) is 12.1 Å². The molecule has 0 unspecified atom stereocenters. The SMILES string of the molecule is CCOc1cc([N+](=O)[O-])c(N)cc1[N+](=O)[O-]. The van der Waals surface area contributed by atoms with Gasteiger partial charge in [0.1, 0.15) is 5.69 Å². The molecule has 0 amide bonds. The van der Waals surface area contributed by atoms with Gasteiger partial charge in [-0.3, -0.25) is 20.2 Å². The van der Waals surface area contributed by atoms with Crippen LogP contribution in [0.25, 0.3) is 0 Å². The van der Waals surface area contributed by atoms with Crippen molar-refractivity contribution in [2.45, 2.75) is 6.92 Å². The van der Waals surface area contributed by atoms with Gasteiger partial charge in [0.15, 0.2) is 0 Å². The lowest BCUT2D eigenvalue weighted by Crippen LogP contribution is -2.02. The Morgan fingerprint density at radius 3 is 2.25 bits per heavy atom. The lowest BCUT2D eigenvalue weighted by molar-refractivity contribution is -0.389. The molecular formula is C8H9N3O5. The van der Waals surface area contributed by atoms with E-state index in [1.165, 1.54) is 0 Å². The Labute approximate surface area is 89.9 Å². The molecule has 0 fully saturated rings. The predicted molar refractivity (Wildman–Crippen MR) is 55.3 cm³/mol. The molecular weight excluding hydrogens is 218 g/mol. The van der Waals surface area contributed by atoms with Crippen molar-refractivity contribution in [1.29, 1.82) is 0 Å². The number of hydrogen-bond donors (Lipinski definition) is 1. The second-order valence-electron chi connectivity index (χ2n) is 2.83. The Balaban J connectivity index is 3.36. The van der Waals surface area contributed by atoms with E-state index >= 15 is 0 Å². The van der Waals surface area contributed by atoms with Gasteiger partial charge in [-0.2, -0.15) is 0 Å². The number of rotatable bonds is 4. The van der Waals surface area contributed by atoms with E-state index in [4.69, 9.17) is 10.5 Å². The van der Waals surface area contributed by atoms with Gasteiger partial charge in [-0.1, -0.05) is 0 Å². The van der Waals surface area contributed by atoms with Crippen molar-refractivity contribution in [2.75, 3.05) is 12.3 Å².